The van der Waals surface area contributed by atoms with Crippen molar-refractivity contribution in [3.8, 4) is 114 Å². The van der Waals surface area contributed by atoms with Crippen LogP contribution in [0.3, 0.4) is 0 Å². The van der Waals surface area contributed by atoms with Gasteiger partial charge in [-0.1, -0.05) is 158 Å². The molecule has 0 N–H and O–H groups in total. The van der Waals surface area contributed by atoms with Crippen LogP contribution >= 0.6 is 0 Å². The highest BCUT2D eigenvalue weighted by molar-refractivity contribution is 6.13. The molecule has 14 aromatic heterocycles. The van der Waals surface area contributed by atoms with Crippen LogP contribution in [-0.2, 0) is 0 Å². The minimum absolute atomic E-state index is 0.361. The van der Waals surface area contributed by atoms with Gasteiger partial charge in [0.25, 0.3) is 0 Å². The van der Waals surface area contributed by atoms with Crippen LogP contribution in [0.5, 0.6) is 0 Å². The van der Waals surface area contributed by atoms with Crippen molar-refractivity contribution in [1.82, 2.24) is 72.5 Å². The molecule has 0 aliphatic rings. The monoisotopic (exact) mass is 1740 g/mol. The van der Waals surface area contributed by atoms with Crippen LogP contribution in [0, 0.1) is 34.9 Å². The average molecular weight is 1740 g/mol. The summed E-state index contributed by atoms with van der Waals surface area (Å²) in [6.45, 7) is 0. The summed E-state index contributed by atoms with van der Waals surface area (Å²) in [7, 11) is 0. The topological polar surface area (TPSA) is 153 Å². The molecular weight excluding hydrogens is 1670 g/mol. The van der Waals surface area contributed by atoms with Gasteiger partial charge in [0.05, 0.1) is 130 Å². The molecule has 0 fully saturated rings. The molecule has 0 bridgehead atoms. The lowest BCUT2D eigenvalue weighted by Crippen LogP contribution is -2.03. The van der Waals surface area contributed by atoms with Gasteiger partial charge in [-0.05, 0) is 212 Å². The van der Waals surface area contributed by atoms with Crippen LogP contribution in [0.25, 0.3) is 206 Å². The number of para-hydroxylation sites is 2. The number of hydrogen-bond acceptors (Lipinski definition) is 10. The van der Waals surface area contributed by atoms with Crippen LogP contribution in [0.1, 0.15) is 0 Å². The molecule has 0 atom stereocenters. The molecule has 0 saturated heterocycles. The molecule has 14 heterocycles. The predicted molar refractivity (Wildman–Crippen MR) is 515 cm³/mol. The van der Waals surface area contributed by atoms with E-state index in [1.807, 2.05) is 202 Å². The van der Waals surface area contributed by atoms with Gasteiger partial charge in [0.1, 0.15) is 40.7 Å². The standard InChI is InChI=1S/C30H20N4.C28H17F2N3.2C27H16F2N4/c1-2-10-21(11-3-1)29-25(20-33-17-9-8-16-28(29)33)30-31-18-22(19-32-30)34-26-14-6-4-12-23(26)24-13-5-7-15-27(24)34;29-19-9-11-27-22(14-19)23-15-20(30)10-12-28(23)33(27)21-16-25(18-6-2-1-3-7-18)32-26(17-21)24-8-4-5-13-31-24;28-17-7-9-26-20(13-17)21-14-18(29)8-10-27(21)33(26)19-15-24(22-5-1-3-11-30-22)32-25(16-19)23-6-2-4-12-31-23;28-18-9-11-24-20(14-18)21-15-19(29)10-12-25(21)33(24)26-16-23(22-8-4-5-13-30-22)31-27(32-26)17-6-2-1-3-7-17/h1-20H;1-17H;2*1-16H. The third-order valence-electron chi connectivity index (χ3n) is 23.4. The minimum Gasteiger partial charge on any atom is -0.322 e. The van der Waals surface area contributed by atoms with Gasteiger partial charge in [0, 0.05) is 109 Å². The van der Waals surface area contributed by atoms with Crippen LogP contribution in [0.15, 0.2) is 420 Å². The van der Waals surface area contributed by atoms with Gasteiger partial charge in [-0.15, -0.1) is 0 Å². The lowest BCUT2D eigenvalue weighted by atomic mass is 10.0. The van der Waals surface area contributed by atoms with E-state index in [2.05, 4.69) is 126 Å². The first kappa shape index (κ1) is 80.8. The van der Waals surface area contributed by atoms with E-state index in [0.717, 1.165) is 117 Å². The Hall–Kier alpha value is -18.0. The van der Waals surface area contributed by atoms with Gasteiger partial charge >= 0.3 is 0 Å². The summed E-state index contributed by atoms with van der Waals surface area (Å²) in [5.41, 5.74) is 22.1. The first-order valence-corrected chi connectivity index (χ1v) is 42.7. The highest BCUT2D eigenvalue weighted by Gasteiger charge is 2.24. The van der Waals surface area contributed by atoms with Gasteiger partial charge in [0.15, 0.2) is 11.6 Å². The van der Waals surface area contributed by atoms with E-state index in [9.17, 15) is 26.3 Å². The number of hydrogen-bond donors (Lipinski definition) is 0. The third-order valence-corrected chi connectivity index (χ3v) is 23.4. The molecule has 0 unspecified atom stereocenters. The zero-order chi connectivity index (χ0) is 89.6. The fourth-order valence-corrected chi connectivity index (χ4v) is 17.6. The summed E-state index contributed by atoms with van der Waals surface area (Å²) in [6.07, 6.45) is 14.9. The summed E-state index contributed by atoms with van der Waals surface area (Å²) in [5, 5.41) is 6.27. The van der Waals surface area contributed by atoms with E-state index in [-0.39, 0.29) is 34.9 Å². The fourth-order valence-electron chi connectivity index (χ4n) is 17.6. The lowest BCUT2D eigenvalue weighted by Gasteiger charge is -2.13. The molecule has 25 rings (SSSR count). The molecule has 25 aromatic rings. The zero-order valence-electron chi connectivity index (χ0n) is 70.3. The second-order valence-electron chi connectivity index (χ2n) is 31.6. The van der Waals surface area contributed by atoms with Crippen LogP contribution in [0.4, 0.5) is 26.3 Å². The van der Waals surface area contributed by atoms with Crippen LogP contribution < -0.4 is 0 Å². The Bertz CT molecular complexity index is 7710. The van der Waals surface area contributed by atoms with E-state index in [1.54, 1.807) is 61.2 Å². The normalized spacial score (nSPS) is 11.4. The Kier molecular flexibility index (Phi) is 21.1. The predicted octanol–water partition coefficient (Wildman–Crippen LogP) is 27.5. The SMILES string of the molecule is Fc1ccc2c(c1)c1cc(F)ccc1n2-c1cc(-c2ccccc2)nc(-c2ccccn2)c1.Fc1ccc2c(c1)c1cc(F)ccc1n2-c1cc(-c2ccccn2)nc(-c2ccccc2)n1.Fc1ccc2c(c1)c1cc(F)ccc1n2-c1cc(-c2ccccn2)nc(-c2ccccn2)c1.c1ccc(-c2c(-c3ncc(-n4c5ccccc5c5ccccc54)cn3)cn3ccccc23)cc1. The first-order chi connectivity index (χ1) is 65.4. The molecule has 634 valence electrons. The molecular formula is C112H69F6N15. The summed E-state index contributed by atoms with van der Waals surface area (Å²) >= 11 is 0. The molecule has 133 heavy (non-hydrogen) atoms. The number of pyridine rings is 7. The zero-order valence-corrected chi connectivity index (χ0v) is 70.3. The maximum Gasteiger partial charge on any atom is 0.162 e. The van der Waals surface area contributed by atoms with Crippen molar-refractivity contribution in [3.63, 3.8) is 0 Å². The minimum atomic E-state index is -0.382. The van der Waals surface area contributed by atoms with Gasteiger partial charge in [-0.25, -0.2) is 56.2 Å². The molecule has 0 aliphatic carbocycles. The largest absolute Gasteiger partial charge is 0.322 e. The van der Waals surface area contributed by atoms with Crippen LogP contribution in [0.2, 0.25) is 0 Å². The van der Waals surface area contributed by atoms with Crippen molar-refractivity contribution in [2.45, 2.75) is 0 Å². The first-order valence-electron chi connectivity index (χ1n) is 42.7. The molecule has 15 nitrogen and oxygen atoms in total. The van der Waals surface area contributed by atoms with Gasteiger partial charge in [-0.3, -0.25) is 24.5 Å². The molecule has 0 aliphatic heterocycles. The molecule has 0 saturated carbocycles. The number of rotatable bonds is 12. The van der Waals surface area contributed by atoms with Crippen molar-refractivity contribution in [2.75, 3.05) is 0 Å². The molecule has 11 aromatic carbocycles. The summed E-state index contributed by atoms with van der Waals surface area (Å²) in [4.78, 5) is 46.9. The highest BCUT2D eigenvalue weighted by atomic mass is 19.1. The van der Waals surface area contributed by atoms with Crippen molar-refractivity contribution in [3.05, 3.63) is 455 Å². The number of fused-ring (bicyclic) bond motifs is 13. The lowest BCUT2D eigenvalue weighted by molar-refractivity contribution is 0.628. The van der Waals surface area contributed by atoms with E-state index in [0.29, 0.717) is 78.3 Å². The van der Waals surface area contributed by atoms with Gasteiger partial charge in [-0.2, -0.15) is 0 Å². The van der Waals surface area contributed by atoms with E-state index < -0.39 is 0 Å². The average Bonchev–Trinajstić information content (AvgIpc) is 1.82. The molecule has 0 amide bonds. The quantitative estimate of drug-likeness (QED) is 0.108. The van der Waals surface area contributed by atoms with Crippen LogP contribution in [-0.4, -0.2) is 72.5 Å². The van der Waals surface area contributed by atoms with Gasteiger partial charge in [0.2, 0.25) is 0 Å². The maximum absolute atomic E-state index is 14.1. The smallest absolute Gasteiger partial charge is 0.162 e. The molecule has 0 radical (unpaired) electrons. The summed E-state index contributed by atoms with van der Waals surface area (Å²) < 4.78 is 95.0. The number of nitrogens with zero attached hydrogens (tertiary/aromatic N) is 15. The highest BCUT2D eigenvalue weighted by Crippen LogP contribution is 2.42. The third kappa shape index (κ3) is 15.6. The van der Waals surface area contributed by atoms with Crippen molar-refractivity contribution in [2.24, 2.45) is 0 Å². The summed E-state index contributed by atoms with van der Waals surface area (Å²) in [5.74, 6) is -0.393. The van der Waals surface area contributed by atoms with Crippen molar-refractivity contribution in [1.29, 1.82) is 0 Å². The van der Waals surface area contributed by atoms with Crippen molar-refractivity contribution >= 4 is 92.7 Å². The van der Waals surface area contributed by atoms with Gasteiger partial charge < -0.3 is 18.1 Å². The molecule has 0 spiro atoms. The number of aromatic nitrogens is 15. The Labute approximate surface area is 755 Å². The Morgan fingerprint density at radius 3 is 0.932 bits per heavy atom. The fraction of sp³-hybridized carbons (Fsp3) is 0. The Morgan fingerprint density at radius 2 is 0.526 bits per heavy atom. The van der Waals surface area contributed by atoms with E-state index in [1.165, 1.54) is 83.6 Å². The second-order valence-corrected chi connectivity index (χ2v) is 31.6. The van der Waals surface area contributed by atoms with Crippen molar-refractivity contribution < 1.29 is 26.3 Å². The summed E-state index contributed by atoms with van der Waals surface area (Å²) in [6, 6.07) is 113. The molecule has 21 heteroatoms. The maximum atomic E-state index is 14.1. The van der Waals surface area contributed by atoms with E-state index in [4.69, 9.17) is 29.9 Å². The Morgan fingerprint density at radius 1 is 0.203 bits per heavy atom. The van der Waals surface area contributed by atoms with E-state index >= 15 is 0 Å². The number of halogens is 6. The Balaban J connectivity index is 0.000000103. The second kappa shape index (κ2) is 34.6. The number of benzene rings is 11.